The molecule has 0 atom stereocenters. The van der Waals surface area contributed by atoms with Crippen LogP contribution in [-0.4, -0.2) is 36.8 Å². The molecule has 2 N–H and O–H groups in total. The summed E-state index contributed by atoms with van der Waals surface area (Å²) in [5, 5.41) is 6.28. The molecule has 0 bridgehead atoms. The fourth-order valence-electron chi connectivity index (χ4n) is 1.06. The molecular formula is C10H18N4O. The number of anilines is 2. The zero-order valence-corrected chi connectivity index (χ0v) is 9.29. The number of nitrogens with zero attached hydrogens (tertiary/aromatic N) is 2. The Morgan fingerprint density at radius 3 is 2.93 bits per heavy atom. The van der Waals surface area contributed by atoms with E-state index in [1.807, 2.05) is 6.07 Å². The quantitative estimate of drug-likeness (QED) is 0.665. The Morgan fingerprint density at radius 1 is 1.33 bits per heavy atom. The van der Waals surface area contributed by atoms with Gasteiger partial charge in [-0.2, -0.15) is 4.98 Å². The Hall–Kier alpha value is -1.36. The largest absolute Gasteiger partial charge is 0.383 e. The molecule has 0 aliphatic heterocycles. The highest BCUT2D eigenvalue weighted by molar-refractivity contribution is 5.39. The molecule has 1 aromatic heterocycles. The SMILES string of the molecule is CCCNc1ccnc(NCCOC)n1. The highest BCUT2D eigenvalue weighted by atomic mass is 16.5. The first-order valence-electron chi connectivity index (χ1n) is 5.16. The van der Waals surface area contributed by atoms with Crippen LogP contribution in [0.1, 0.15) is 13.3 Å². The van der Waals surface area contributed by atoms with E-state index in [4.69, 9.17) is 4.74 Å². The van der Waals surface area contributed by atoms with Crippen molar-refractivity contribution in [2.45, 2.75) is 13.3 Å². The molecule has 0 radical (unpaired) electrons. The van der Waals surface area contributed by atoms with Crippen molar-refractivity contribution >= 4 is 11.8 Å². The Labute approximate surface area is 90.3 Å². The van der Waals surface area contributed by atoms with E-state index in [1.165, 1.54) is 0 Å². The van der Waals surface area contributed by atoms with Crippen molar-refractivity contribution in [3.05, 3.63) is 12.3 Å². The van der Waals surface area contributed by atoms with Crippen LogP contribution in [-0.2, 0) is 4.74 Å². The lowest BCUT2D eigenvalue weighted by molar-refractivity contribution is 0.210. The molecule has 1 aromatic rings. The van der Waals surface area contributed by atoms with Gasteiger partial charge in [0.1, 0.15) is 5.82 Å². The minimum Gasteiger partial charge on any atom is -0.383 e. The molecule has 0 aliphatic rings. The summed E-state index contributed by atoms with van der Waals surface area (Å²) in [6, 6.07) is 1.86. The fourth-order valence-corrected chi connectivity index (χ4v) is 1.06. The van der Waals surface area contributed by atoms with Crippen LogP contribution in [0.3, 0.4) is 0 Å². The molecule has 0 spiro atoms. The van der Waals surface area contributed by atoms with Gasteiger partial charge in [0.15, 0.2) is 0 Å². The summed E-state index contributed by atoms with van der Waals surface area (Å²) < 4.78 is 4.93. The number of ether oxygens (including phenoxy) is 1. The van der Waals surface area contributed by atoms with Gasteiger partial charge in [0, 0.05) is 26.4 Å². The molecule has 84 valence electrons. The van der Waals surface area contributed by atoms with Crippen molar-refractivity contribution in [3.8, 4) is 0 Å². The third-order valence-corrected chi connectivity index (χ3v) is 1.80. The van der Waals surface area contributed by atoms with Crippen LogP contribution in [0.2, 0.25) is 0 Å². The molecule has 0 unspecified atom stereocenters. The van der Waals surface area contributed by atoms with Gasteiger partial charge in [-0.15, -0.1) is 0 Å². The lowest BCUT2D eigenvalue weighted by Gasteiger charge is -2.06. The zero-order chi connectivity index (χ0) is 10.9. The second-order valence-corrected chi connectivity index (χ2v) is 3.11. The van der Waals surface area contributed by atoms with Gasteiger partial charge in [-0.1, -0.05) is 6.92 Å². The summed E-state index contributed by atoms with van der Waals surface area (Å²) in [4.78, 5) is 8.39. The number of rotatable bonds is 7. The summed E-state index contributed by atoms with van der Waals surface area (Å²) in [5.74, 6) is 1.49. The van der Waals surface area contributed by atoms with E-state index in [-0.39, 0.29) is 0 Å². The van der Waals surface area contributed by atoms with Crippen LogP contribution in [0.25, 0.3) is 0 Å². The number of methoxy groups -OCH3 is 1. The van der Waals surface area contributed by atoms with E-state index in [1.54, 1.807) is 13.3 Å². The lowest BCUT2D eigenvalue weighted by atomic mass is 10.4. The van der Waals surface area contributed by atoms with Gasteiger partial charge in [0.05, 0.1) is 6.61 Å². The second-order valence-electron chi connectivity index (χ2n) is 3.11. The van der Waals surface area contributed by atoms with E-state index >= 15 is 0 Å². The first-order valence-corrected chi connectivity index (χ1v) is 5.16. The van der Waals surface area contributed by atoms with Crippen molar-refractivity contribution in [1.82, 2.24) is 9.97 Å². The second kappa shape index (κ2) is 7.00. The maximum atomic E-state index is 4.93. The van der Waals surface area contributed by atoms with E-state index in [0.29, 0.717) is 19.1 Å². The van der Waals surface area contributed by atoms with E-state index in [0.717, 1.165) is 18.8 Å². The van der Waals surface area contributed by atoms with Crippen LogP contribution in [0.15, 0.2) is 12.3 Å². The van der Waals surface area contributed by atoms with Crippen LogP contribution < -0.4 is 10.6 Å². The molecule has 0 aromatic carbocycles. The standard InChI is InChI=1S/C10H18N4O/c1-3-5-11-9-4-6-12-10(14-9)13-7-8-15-2/h4,6H,3,5,7-8H2,1-2H3,(H2,11,12,13,14). The maximum Gasteiger partial charge on any atom is 0.224 e. The molecule has 1 heterocycles. The molecule has 0 saturated heterocycles. The third kappa shape index (κ3) is 4.60. The van der Waals surface area contributed by atoms with E-state index in [2.05, 4.69) is 27.5 Å². The van der Waals surface area contributed by atoms with Gasteiger partial charge >= 0.3 is 0 Å². The topological polar surface area (TPSA) is 59.1 Å². The number of nitrogens with one attached hydrogen (secondary N) is 2. The van der Waals surface area contributed by atoms with Gasteiger partial charge in [0.25, 0.3) is 0 Å². The maximum absolute atomic E-state index is 4.93. The molecule has 5 heteroatoms. The molecule has 0 amide bonds. The monoisotopic (exact) mass is 210 g/mol. The predicted molar refractivity (Wildman–Crippen MR) is 61.2 cm³/mol. The molecule has 0 aliphatic carbocycles. The van der Waals surface area contributed by atoms with Crippen molar-refractivity contribution in [2.75, 3.05) is 37.4 Å². The molecule has 5 nitrogen and oxygen atoms in total. The lowest BCUT2D eigenvalue weighted by Crippen LogP contribution is -2.11. The van der Waals surface area contributed by atoms with Crippen molar-refractivity contribution in [3.63, 3.8) is 0 Å². The van der Waals surface area contributed by atoms with Gasteiger partial charge in [0.2, 0.25) is 5.95 Å². The van der Waals surface area contributed by atoms with Gasteiger partial charge in [-0.25, -0.2) is 4.98 Å². The molecule has 0 saturated carbocycles. The Morgan fingerprint density at radius 2 is 2.20 bits per heavy atom. The first-order chi connectivity index (χ1) is 7.36. The van der Waals surface area contributed by atoms with Crippen LogP contribution >= 0.6 is 0 Å². The third-order valence-electron chi connectivity index (χ3n) is 1.80. The highest BCUT2D eigenvalue weighted by Gasteiger charge is 1.96. The minimum atomic E-state index is 0.633. The normalized spacial score (nSPS) is 10.0. The number of aromatic nitrogens is 2. The number of hydrogen-bond acceptors (Lipinski definition) is 5. The molecule has 15 heavy (non-hydrogen) atoms. The minimum absolute atomic E-state index is 0.633. The molecule has 1 rings (SSSR count). The summed E-state index contributed by atoms with van der Waals surface area (Å²) in [6.45, 7) is 4.41. The Balaban J connectivity index is 2.42. The molecule has 0 fully saturated rings. The summed E-state index contributed by atoms with van der Waals surface area (Å²) >= 11 is 0. The average Bonchev–Trinajstić information content (AvgIpc) is 2.27. The van der Waals surface area contributed by atoms with Crippen molar-refractivity contribution in [2.24, 2.45) is 0 Å². The summed E-state index contributed by atoms with van der Waals surface area (Å²) in [5.41, 5.74) is 0. The van der Waals surface area contributed by atoms with Gasteiger partial charge < -0.3 is 15.4 Å². The zero-order valence-electron chi connectivity index (χ0n) is 9.29. The average molecular weight is 210 g/mol. The predicted octanol–water partition coefficient (Wildman–Crippen LogP) is 1.36. The van der Waals surface area contributed by atoms with Gasteiger partial charge in [-0.05, 0) is 12.5 Å². The van der Waals surface area contributed by atoms with Crippen molar-refractivity contribution in [1.29, 1.82) is 0 Å². The number of hydrogen-bond donors (Lipinski definition) is 2. The van der Waals surface area contributed by atoms with E-state index < -0.39 is 0 Å². The Bertz CT molecular complexity index is 280. The van der Waals surface area contributed by atoms with Crippen LogP contribution in [0.5, 0.6) is 0 Å². The van der Waals surface area contributed by atoms with Crippen molar-refractivity contribution < 1.29 is 4.74 Å². The fraction of sp³-hybridized carbons (Fsp3) is 0.600. The van der Waals surface area contributed by atoms with E-state index in [9.17, 15) is 0 Å². The molecular weight excluding hydrogens is 192 g/mol. The van der Waals surface area contributed by atoms with Gasteiger partial charge in [-0.3, -0.25) is 0 Å². The van der Waals surface area contributed by atoms with Crippen LogP contribution in [0, 0.1) is 0 Å². The Kier molecular flexibility index (Phi) is 5.47. The smallest absolute Gasteiger partial charge is 0.224 e. The summed E-state index contributed by atoms with van der Waals surface area (Å²) in [7, 11) is 1.67. The van der Waals surface area contributed by atoms with Crippen LogP contribution in [0.4, 0.5) is 11.8 Å². The summed E-state index contributed by atoms with van der Waals surface area (Å²) in [6.07, 6.45) is 2.82. The highest BCUT2D eigenvalue weighted by Crippen LogP contribution is 2.04. The first kappa shape index (κ1) is 11.7.